The van der Waals surface area contributed by atoms with Gasteiger partial charge in [-0.1, -0.05) is 31.2 Å². The molecule has 0 aliphatic rings. The van der Waals surface area contributed by atoms with Crippen LogP contribution in [0, 0.1) is 6.92 Å². The van der Waals surface area contributed by atoms with Crippen molar-refractivity contribution in [3.05, 3.63) is 35.4 Å². The third-order valence-electron chi connectivity index (χ3n) is 3.07. The van der Waals surface area contributed by atoms with Crippen LogP contribution in [-0.2, 0) is 0 Å². The van der Waals surface area contributed by atoms with Gasteiger partial charge in [0.2, 0.25) is 0 Å². The highest BCUT2D eigenvalue weighted by Gasteiger charge is 2.12. The summed E-state index contributed by atoms with van der Waals surface area (Å²) in [5.74, 6) is 0. The van der Waals surface area contributed by atoms with Gasteiger partial charge in [-0.05, 0) is 58.1 Å². The Labute approximate surface area is 106 Å². The molecule has 0 amide bonds. The number of hydrogen-bond acceptors (Lipinski definition) is 2. The number of nitrogens with one attached hydrogen (secondary N) is 1. The van der Waals surface area contributed by atoms with E-state index < -0.39 is 0 Å². The monoisotopic (exact) mass is 234 g/mol. The van der Waals surface area contributed by atoms with Crippen molar-refractivity contribution in [3.8, 4) is 0 Å². The molecule has 1 aromatic rings. The van der Waals surface area contributed by atoms with Crippen molar-refractivity contribution in [2.24, 2.45) is 0 Å². The smallest absolute Gasteiger partial charge is 0.0335 e. The van der Waals surface area contributed by atoms with E-state index in [1.54, 1.807) is 0 Å². The van der Waals surface area contributed by atoms with E-state index in [-0.39, 0.29) is 0 Å². The Hall–Kier alpha value is -0.860. The molecule has 0 spiro atoms. The van der Waals surface area contributed by atoms with Crippen molar-refractivity contribution < 1.29 is 0 Å². The zero-order valence-electron chi connectivity index (χ0n) is 11.7. The van der Waals surface area contributed by atoms with Gasteiger partial charge in [-0.3, -0.25) is 0 Å². The van der Waals surface area contributed by atoms with Crippen LogP contribution in [0.15, 0.2) is 24.3 Å². The molecule has 0 aromatic heterocycles. The van der Waals surface area contributed by atoms with E-state index in [9.17, 15) is 0 Å². The maximum atomic E-state index is 3.66. The predicted octanol–water partition coefficient (Wildman–Crippen LogP) is 2.99. The van der Waals surface area contributed by atoms with E-state index in [1.807, 2.05) is 0 Å². The molecule has 17 heavy (non-hydrogen) atoms. The Morgan fingerprint density at radius 3 is 2.53 bits per heavy atom. The molecule has 0 fully saturated rings. The third kappa shape index (κ3) is 4.88. The van der Waals surface area contributed by atoms with Crippen LogP contribution in [0.1, 0.15) is 36.9 Å². The van der Waals surface area contributed by atoms with E-state index in [4.69, 9.17) is 0 Å². The maximum Gasteiger partial charge on any atom is 0.0335 e. The van der Waals surface area contributed by atoms with Crippen molar-refractivity contribution >= 4 is 0 Å². The van der Waals surface area contributed by atoms with E-state index in [1.165, 1.54) is 17.5 Å². The molecule has 0 saturated heterocycles. The van der Waals surface area contributed by atoms with Gasteiger partial charge >= 0.3 is 0 Å². The molecule has 0 saturated carbocycles. The minimum atomic E-state index is 0.485. The molecular weight excluding hydrogens is 208 g/mol. The lowest BCUT2D eigenvalue weighted by molar-refractivity contribution is 0.360. The Kier molecular flexibility index (Phi) is 6.23. The van der Waals surface area contributed by atoms with Crippen molar-refractivity contribution in [2.45, 2.75) is 32.7 Å². The summed E-state index contributed by atoms with van der Waals surface area (Å²) < 4.78 is 0. The SMILES string of the molecule is CCCNC(CCN(C)C)c1ccccc1C. The molecule has 0 aliphatic carbocycles. The van der Waals surface area contributed by atoms with E-state index in [0.29, 0.717) is 6.04 Å². The van der Waals surface area contributed by atoms with Crippen molar-refractivity contribution in [3.63, 3.8) is 0 Å². The molecule has 0 radical (unpaired) electrons. The number of rotatable bonds is 7. The second kappa shape index (κ2) is 7.46. The van der Waals surface area contributed by atoms with Crippen LogP contribution in [0.3, 0.4) is 0 Å². The fourth-order valence-corrected chi connectivity index (χ4v) is 2.05. The lowest BCUT2D eigenvalue weighted by atomic mass is 9.98. The Bertz CT molecular complexity index is 320. The fraction of sp³-hybridized carbons (Fsp3) is 0.600. The molecule has 96 valence electrons. The second-order valence-electron chi connectivity index (χ2n) is 4.96. The first-order valence-corrected chi connectivity index (χ1v) is 6.58. The fourth-order valence-electron chi connectivity index (χ4n) is 2.05. The lowest BCUT2D eigenvalue weighted by Gasteiger charge is -2.22. The van der Waals surface area contributed by atoms with E-state index in [0.717, 1.165) is 19.5 Å². The van der Waals surface area contributed by atoms with E-state index in [2.05, 4.69) is 62.4 Å². The molecular formula is C15H26N2. The first kappa shape index (κ1) is 14.2. The molecule has 1 N–H and O–H groups in total. The Morgan fingerprint density at radius 1 is 1.24 bits per heavy atom. The molecule has 1 atom stereocenters. The van der Waals surface area contributed by atoms with Crippen molar-refractivity contribution in [2.75, 3.05) is 27.2 Å². The number of hydrogen-bond donors (Lipinski definition) is 1. The first-order chi connectivity index (χ1) is 8.15. The van der Waals surface area contributed by atoms with Crippen molar-refractivity contribution in [1.29, 1.82) is 0 Å². The zero-order valence-corrected chi connectivity index (χ0v) is 11.7. The van der Waals surface area contributed by atoms with Gasteiger partial charge < -0.3 is 10.2 Å². The summed E-state index contributed by atoms with van der Waals surface area (Å²) in [6, 6.07) is 9.18. The molecule has 0 heterocycles. The highest BCUT2D eigenvalue weighted by atomic mass is 15.1. The maximum absolute atomic E-state index is 3.66. The molecule has 2 nitrogen and oxygen atoms in total. The van der Waals surface area contributed by atoms with Gasteiger partial charge in [-0.15, -0.1) is 0 Å². The summed E-state index contributed by atoms with van der Waals surface area (Å²) >= 11 is 0. The van der Waals surface area contributed by atoms with Gasteiger partial charge in [0.05, 0.1) is 0 Å². The van der Waals surface area contributed by atoms with Gasteiger partial charge in [0.25, 0.3) is 0 Å². The molecule has 1 unspecified atom stereocenters. The number of aryl methyl sites for hydroxylation is 1. The topological polar surface area (TPSA) is 15.3 Å². The summed E-state index contributed by atoms with van der Waals surface area (Å²) in [5.41, 5.74) is 2.84. The number of benzene rings is 1. The van der Waals surface area contributed by atoms with Crippen LogP contribution in [0.5, 0.6) is 0 Å². The summed E-state index contributed by atoms with van der Waals surface area (Å²) in [5, 5.41) is 3.66. The minimum absolute atomic E-state index is 0.485. The quantitative estimate of drug-likeness (QED) is 0.780. The average Bonchev–Trinajstić information content (AvgIpc) is 2.30. The van der Waals surface area contributed by atoms with Gasteiger partial charge in [0.15, 0.2) is 0 Å². The van der Waals surface area contributed by atoms with Crippen LogP contribution >= 0.6 is 0 Å². The van der Waals surface area contributed by atoms with Gasteiger partial charge in [-0.2, -0.15) is 0 Å². The first-order valence-electron chi connectivity index (χ1n) is 6.58. The molecule has 0 bridgehead atoms. The Balaban J connectivity index is 2.71. The molecule has 0 aliphatic heterocycles. The summed E-state index contributed by atoms with van der Waals surface area (Å²) in [7, 11) is 4.27. The van der Waals surface area contributed by atoms with Crippen LogP contribution in [-0.4, -0.2) is 32.1 Å². The van der Waals surface area contributed by atoms with Gasteiger partial charge in [-0.25, -0.2) is 0 Å². The van der Waals surface area contributed by atoms with Crippen LogP contribution in [0.25, 0.3) is 0 Å². The zero-order chi connectivity index (χ0) is 12.7. The molecule has 1 rings (SSSR count). The Morgan fingerprint density at radius 2 is 1.94 bits per heavy atom. The lowest BCUT2D eigenvalue weighted by Crippen LogP contribution is -2.26. The predicted molar refractivity (Wildman–Crippen MR) is 75.4 cm³/mol. The standard InChI is InChI=1S/C15H26N2/c1-5-11-16-15(10-12-17(3)4)14-9-7-6-8-13(14)2/h6-9,15-16H,5,10-12H2,1-4H3. The summed E-state index contributed by atoms with van der Waals surface area (Å²) in [6.45, 7) is 6.63. The van der Waals surface area contributed by atoms with Crippen LogP contribution in [0.2, 0.25) is 0 Å². The highest BCUT2D eigenvalue weighted by Crippen LogP contribution is 2.20. The molecule has 1 aromatic carbocycles. The summed E-state index contributed by atoms with van der Waals surface area (Å²) in [4.78, 5) is 2.25. The van der Waals surface area contributed by atoms with Gasteiger partial charge in [0, 0.05) is 6.04 Å². The summed E-state index contributed by atoms with van der Waals surface area (Å²) in [6.07, 6.45) is 2.35. The highest BCUT2D eigenvalue weighted by molar-refractivity contribution is 5.28. The third-order valence-corrected chi connectivity index (χ3v) is 3.07. The molecule has 2 heteroatoms. The van der Waals surface area contributed by atoms with Gasteiger partial charge in [0.1, 0.15) is 0 Å². The second-order valence-corrected chi connectivity index (χ2v) is 4.96. The number of nitrogens with zero attached hydrogens (tertiary/aromatic N) is 1. The van der Waals surface area contributed by atoms with Crippen LogP contribution in [0.4, 0.5) is 0 Å². The normalized spacial score (nSPS) is 13.0. The van der Waals surface area contributed by atoms with E-state index >= 15 is 0 Å². The van der Waals surface area contributed by atoms with Crippen LogP contribution < -0.4 is 5.32 Å². The minimum Gasteiger partial charge on any atom is -0.310 e. The largest absolute Gasteiger partial charge is 0.310 e. The van der Waals surface area contributed by atoms with Crippen molar-refractivity contribution in [1.82, 2.24) is 10.2 Å². The average molecular weight is 234 g/mol.